The van der Waals surface area contributed by atoms with E-state index in [0.717, 1.165) is 24.3 Å². The van der Waals surface area contributed by atoms with Crippen molar-refractivity contribution in [3.8, 4) is 0 Å². The van der Waals surface area contributed by atoms with Crippen LogP contribution in [0, 0.1) is 0 Å². The molecule has 4 rings (SSSR count). The number of nitrogens with zero attached hydrogens (tertiary/aromatic N) is 3. The summed E-state index contributed by atoms with van der Waals surface area (Å²) in [5.74, 6) is 1.75. The Balaban J connectivity index is 1.56. The summed E-state index contributed by atoms with van der Waals surface area (Å²) in [6.07, 6.45) is 5.52. The second kappa shape index (κ2) is 6.31. The minimum absolute atomic E-state index is 0.187. The number of rotatable bonds is 6. The minimum Gasteiger partial charge on any atom is -0.467 e. The molecule has 3 aromatic rings. The van der Waals surface area contributed by atoms with Gasteiger partial charge in [-0.1, -0.05) is 11.2 Å². The van der Waals surface area contributed by atoms with Gasteiger partial charge in [0.2, 0.25) is 0 Å². The highest BCUT2D eigenvalue weighted by Crippen LogP contribution is 2.40. The maximum atomic E-state index is 12.9. The number of carbonyl (C=O) groups is 1. The largest absolute Gasteiger partial charge is 0.467 e. The summed E-state index contributed by atoms with van der Waals surface area (Å²) >= 11 is 0. The fraction of sp³-hybridized carbons (Fsp3) is 0.278. The lowest BCUT2D eigenvalue weighted by Gasteiger charge is -2.20. The van der Waals surface area contributed by atoms with E-state index in [1.807, 2.05) is 24.3 Å². The van der Waals surface area contributed by atoms with E-state index in [0.29, 0.717) is 30.5 Å². The summed E-state index contributed by atoms with van der Waals surface area (Å²) in [6.45, 7) is 0.736. The Morgan fingerprint density at radius 2 is 2.12 bits per heavy atom. The van der Waals surface area contributed by atoms with Crippen LogP contribution in [-0.2, 0) is 13.1 Å². The molecule has 3 aromatic heterocycles. The molecule has 6 nitrogen and oxygen atoms in total. The highest BCUT2D eigenvalue weighted by atomic mass is 16.5. The second-order valence-corrected chi connectivity index (χ2v) is 5.95. The van der Waals surface area contributed by atoms with Crippen LogP contribution in [0.4, 0.5) is 0 Å². The topological polar surface area (TPSA) is 72.4 Å². The predicted octanol–water partition coefficient (Wildman–Crippen LogP) is 3.38. The van der Waals surface area contributed by atoms with Gasteiger partial charge in [0.05, 0.1) is 25.0 Å². The van der Waals surface area contributed by atoms with Gasteiger partial charge in [-0.15, -0.1) is 0 Å². The van der Waals surface area contributed by atoms with Gasteiger partial charge in [0.15, 0.2) is 5.69 Å². The van der Waals surface area contributed by atoms with Gasteiger partial charge >= 0.3 is 0 Å². The molecule has 1 amide bonds. The van der Waals surface area contributed by atoms with E-state index in [2.05, 4.69) is 10.1 Å². The third-order valence-electron chi connectivity index (χ3n) is 4.02. The minimum atomic E-state index is -0.187. The zero-order valence-electron chi connectivity index (χ0n) is 13.1. The molecule has 0 saturated heterocycles. The van der Waals surface area contributed by atoms with Crippen molar-refractivity contribution in [3.63, 3.8) is 0 Å². The molecular weight excluding hydrogens is 306 g/mol. The molecule has 1 aliphatic carbocycles. The highest BCUT2D eigenvalue weighted by molar-refractivity contribution is 5.92. The quantitative estimate of drug-likeness (QED) is 0.695. The summed E-state index contributed by atoms with van der Waals surface area (Å²) in [5, 5.41) is 3.95. The number of aromatic nitrogens is 2. The maximum Gasteiger partial charge on any atom is 0.276 e. The Labute approximate surface area is 139 Å². The van der Waals surface area contributed by atoms with Crippen molar-refractivity contribution in [2.75, 3.05) is 0 Å². The third-order valence-corrected chi connectivity index (χ3v) is 4.02. The molecule has 0 radical (unpaired) electrons. The number of carbonyl (C=O) groups excluding carboxylic acids is 1. The van der Waals surface area contributed by atoms with Crippen LogP contribution in [-0.4, -0.2) is 20.9 Å². The maximum absolute atomic E-state index is 12.9. The molecule has 0 N–H and O–H groups in total. The average Bonchev–Trinajstić information content (AvgIpc) is 3.11. The van der Waals surface area contributed by atoms with Crippen LogP contribution in [0.25, 0.3) is 0 Å². The second-order valence-electron chi connectivity index (χ2n) is 5.95. The molecule has 24 heavy (non-hydrogen) atoms. The molecule has 6 heteroatoms. The van der Waals surface area contributed by atoms with E-state index in [1.54, 1.807) is 29.5 Å². The Bertz CT molecular complexity index is 807. The summed E-state index contributed by atoms with van der Waals surface area (Å²) in [6, 6.07) is 11.0. The molecule has 0 spiro atoms. The number of pyridine rings is 1. The van der Waals surface area contributed by atoms with Gasteiger partial charge in [0, 0.05) is 18.2 Å². The highest BCUT2D eigenvalue weighted by Gasteiger charge is 2.30. The Morgan fingerprint density at radius 3 is 2.83 bits per heavy atom. The number of amides is 1. The van der Waals surface area contributed by atoms with Crippen molar-refractivity contribution in [2.45, 2.75) is 31.8 Å². The zero-order valence-corrected chi connectivity index (χ0v) is 13.1. The van der Waals surface area contributed by atoms with Gasteiger partial charge in [-0.25, -0.2) is 0 Å². The monoisotopic (exact) mass is 323 g/mol. The van der Waals surface area contributed by atoms with E-state index in [4.69, 9.17) is 8.94 Å². The van der Waals surface area contributed by atoms with E-state index in [1.165, 1.54) is 0 Å². The van der Waals surface area contributed by atoms with Gasteiger partial charge in [0.25, 0.3) is 5.91 Å². The smallest absolute Gasteiger partial charge is 0.276 e. The fourth-order valence-electron chi connectivity index (χ4n) is 2.59. The van der Waals surface area contributed by atoms with E-state index in [9.17, 15) is 4.79 Å². The Kier molecular flexibility index (Phi) is 3.86. The first kappa shape index (κ1) is 14.7. The lowest BCUT2D eigenvalue weighted by molar-refractivity contribution is 0.0704. The van der Waals surface area contributed by atoms with Crippen molar-refractivity contribution in [3.05, 3.63) is 71.8 Å². The van der Waals surface area contributed by atoms with Crippen molar-refractivity contribution in [1.29, 1.82) is 0 Å². The van der Waals surface area contributed by atoms with Crippen LogP contribution in [0.2, 0.25) is 0 Å². The van der Waals surface area contributed by atoms with E-state index in [-0.39, 0.29) is 5.91 Å². The molecule has 1 aliphatic rings. The van der Waals surface area contributed by atoms with Gasteiger partial charge in [-0.2, -0.15) is 0 Å². The first-order valence-electron chi connectivity index (χ1n) is 7.98. The Morgan fingerprint density at radius 1 is 1.21 bits per heavy atom. The SMILES string of the molecule is O=C(c1cc(C2CC2)on1)N(Cc1ccccn1)Cc1ccco1. The van der Waals surface area contributed by atoms with Gasteiger partial charge in [0.1, 0.15) is 11.5 Å². The number of furan rings is 1. The normalized spacial score (nSPS) is 13.8. The first-order chi connectivity index (χ1) is 11.8. The van der Waals surface area contributed by atoms with Gasteiger partial charge in [-0.05, 0) is 37.1 Å². The van der Waals surface area contributed by atoms with Crippen molar-refractivity contribution in [2.24, 2.45) is 0 Å². The van der Waals surface area contributed by atoms with Gasteiger partial charge < -0.3 is 13.8 Å². The predicted molar refractivity (Wildman–Crippen MR) is 85.0 cm³/mol. The third kappa shape index (κ3) is 3.22. The number of hydrogen-bond donors (Lipinski definition) is 0. The molecule has 122 valence electrons. The molecule has 0 aromatic carbocycles. The molecule has 0 bridgehead atoms. The summed E-state index contributed by atoms with van der Waals surface area (Å²) < 4.78 is 10.7. The van der Waals surface area contributed by atoms with Crippen LogP contribution in [0.1, 0.15) is 46.5 Å². The molecule has 0 unspecified atom stereocenters. The van der Waals surface area contributed by atoms with Crippen LogP contribution in [0.3, 0.4) is 0 Å². The molecule has 0 aliphatic heterocycles. The van der Waals surface area contributed by atoms with Crippen LogP contribution in [0.15, 0.2) is 57.8 Å². The molecule has 1 saturated carbocycles. The fourth-order valence-corrected chi connectivity index (χ4v) is 2.59. The molecule has 1 fully saturated rings. The summed E-state index contributed by atoms with van der Waals surface area (Å²) in [4.78, 5) is 18.8. The van der Waals surface area contributed by atoms with Crippen molar-refractivity contribution >= 4 is 5.91 Å². The standard InChI is InChI=1S/C18H17N3O3/c22-18(16-10-17(24-20-16)13-6-7-13)21(12-15-5-3-9-23-15)11-14-4-1-2-8-19-14/h1-5,8-10,13H,6-7,11-12H2. The van der Waals surface area contributed by atoms with Crippen LogP contribution in [0.5, 0.6) is 0 Å². The Hall–Kier alpha value is -2.89. The van der Waals surface area contributed by atoms with E-state index >= 15 is 0 Å². The lowest BCUT2D eigenvalue weighted by atomic mass is 10.2. The molecule has 3 heterocycles. The van der Waals surface area contributed by atoms with Gasteiger partial charge in [-0.3, -0.25) is 9.78 Å². The van der Waals surface area contributed by atoms with Crippen LogP contribution >= 0.6 is 0 Å². The molecule has 0 atom stereocenters. The zero-order chi connectivity index (χ0) is 16.4. The average molecular weight is 323 g/mol. The first-order valence-corrected chi connectivity index (χ1v) is 7.98. The van der Waals surface area contributed by atoms with E-state index < -0.39 is 0 Å². The summed E-state index contributed by atoms with van der Waals surface area (Å²) in [7, 11) is 0. The van der Waals surface area contributed by atoms with Crippen molar-refractivity contribution < 1.29 is 13.7 Å². The van der Waals surface area contributed by atoms with Crippen LogP contribution < -0.4 is 0 Å². The molecular formula is C18H17N3O3. The number of hydrogen-bond acceptors (Lipinski definition) is 5. The van der Waals surface area contributed by atoms with Crippen molar-refractivity contribution in [1.82, 2.24) is 15.0 Å². The lowest BCUT2D eigenvalue weighted by Crippen LogP contribution is -2.30. The summed E-state index contributed by atoms with van der Waals surface area (Å²) in [5.41, 5.74) is 1.14.